The van der Waals surface area contributed by atoms with Gasteiger partial charge in [-0.05, 0) is 38.1 Å². The van der Waals surface area contributed by atoms with Crippen LogP contribution in [0.4, 0.5) is 0 Å². The number of amides is 1. The molecule has 0 aliphatic carbocycles. The Balaban J connectivity index is 1.59. The molecule has 26 heavy (non-hydrogen) atoms. The molecule has 0 spiro atoms. The van der Waals surface area contributed by atoms with E-state index >= 15 is 0 Å². The molecule has 0 unspecified atom stereocenters. The summed E-state index contributed by atoms with van der Waals surface area (Å²) in [6, 6.07) is 9.34. The summed E-state index contributed by atoms with van der Waals surface area (Å²) in [6.07, 6.45) is 1.75. The molecule has 1 amide bonds. The summed E-state index contributed by atoms with van der Waals surface area (Å²) in [5.74, 6) is 1.63. The van der Waals surface area contributed by atoms with Crippen LogP contribution in [0.3, 0.4) is 0 Å². The largest absolute Gasteiger partial charge is 0.374 e. The van der Waals surface area contributed by atoms with E-state index in [4.69, 9.17) is 4.74 Å². The minimum atomic E-state index is -0.135. The fraction of sp³-hybridized carbons (Fsp3) is 0.368. The summed E-state index contributed by atoms with van der Waals surface area (Å²) in [5.41, 5.74) is 1.55. The minimum Gasteiger partial charge on any atom is -0.374 e. The minimum absolute atomic E-state index is 0.00358. The Morgan fingerprint density at radius 2 is 2.15 bits per heavy atom. The molecule has 7 heteroatoms. The van der Waals surface area contributed by atoms with Gasteiger partial charge in [-0.3, -0.25) is 9.78 Å². The lowest BCUT2D eigenvalue weighted by atomic mass is 10.1. The molecule has 134 valence electrons. The Bertz CT molecular complexity index is 952. The summed E-state index contributed by atoms with van der Waals surface area (Å²) in [7, 11) is 0. The highest BCUT2D eigenvalue weighted by atomic mass is 16.5. The van der Waals surface area contributed by atoms with E-state index in [0.717, 1.165) is 22.6 Å². The van der Waals surface area contributed by atoms with Crippen molar-refractivity contribution in [2.24, 2.45) is 0 Å². The standard InChI is InChI=1S/C19H21N5O2/c1-3-26-12-17-21-22-18-13(2)23(9-10-24(17)18)19(25)15-6-7-16-14(11-15)5-4-8-20-16/h4-8,11,13H,3,9-10,12H2,1-2H3/t13-/m1/s1. The number of nitrogens with zero attached hydrogens (tertiary/aromatic N) is 5. The highest BCUT2D eigenvalue weighted by Gasteiger charge is 2.31. The molecule has 0 bridgehead atoms. The van der Waals surface area contributed by atoms with Crippen molar-refractivity contribution in [3.63, 3.8) is 0 Å². The van der Waals surface area contributed by atoms with Crippen molar-refractivity contribution in [1.29, 1.82) is 0 Å². The monoisotopic (exact) mass is 351 g/mol. The Morgan fingerprint density at radius 1 is 1.27 bits per heavy atom. The van der Waals surface area contributed by atoms with Crippen LogP contribution in [0.2, 0.25) is 0 Å². The Kier molecular flexibility index (Phi) is 4.38. The first-order valence-electron chi connectivity index (χ1n) is 8.84. The van der Waals surface area contributed by atoms with Gasteiger partial charge in [0.05, 0.1) is 11.6 Å². The first-order chi connectivity index (χ1) is 12.7. The quantitative estimate of drug-likeness (QED) is 0.722. The van der Waals surface area contributed by atoms with Gasteiger partial charge in [0, 0.05) is 36.8 Å². The van der Waals surface area contributed by atoms with Crippen LogP contribution in [0.15, 0.2) is 36.5 Å². The molecule has 2 aromatic heterocycles. The van der Waals surface area contributed by atoms with Crippen LogP contribution < -0.4 is 0 Å². The van der Waals surface area contributed by atoms with Gasteiger partial charge >= 0.3 is 0 Å². The zero-order valence-electron chi connectivity index (χ0n) is 14.9. The first kappa shape index (κ1) is 16.7. The van der Waals surface area contributed by atoms with E-state index in [1.165, 1.54) is 0 Å². The number of ether oxygens (including phenoxy) is 1. The van der Waals surface area contributed by atoms with Crippen molar-refractivity contribution in [3.8, 4) is 0 Å². The SMILES string of the molecule is CCOCc1nnc2n1CCN(C(=O)c1ccc3ncccc3c1)[C@@H]2C. The number of rotatable bonds is 4. The van der Waals surface area contributed by atoms with Crippen molar-refractivity contribution in [2.75, 3.05) is 13.2 Å². The number of carbonyl (C=O) groups is 1. The molecule has 1 aliphatic heterocycles. The Labute approximate surface area is 151 Å². The molecular weight excluding hydrogens is 330 g/mol. The fourth-order valence-electron chi connectivity index (χ4n) is 3.39. The van der Waals surface area contributed by atoms with Crippen molar-refractivity contribution < 1.29 is 9.53 Å². The van der Waals surface area contributed by atoms with Crippen molar-refractivity contribution in [1.82, 2.24) is 24.6 Å². The summed E-state index contributed by atoms with van der Waals surface area (Å²) < 4.78 is 7.52. The molecule has 1 aromatic carbocycles. The second-order valence-corrected chi connectivity index (χ2v) is 6.35. The molecule has 0 radical (unpaired) electrons. The molecule has 7 nitrogen and oxygen atoms in total. The molecule has 0 N–H and O–H groups in total. The van der Waals surface area contributed by atoms with Crippen LogP contribution >= 0.6 is 0 Å². The molecule has 0 fully saturated rings. The van der Waals surface area contributed by atoms with E-state index in [9.17, 15) is 4.79 Å². The zero-order valence-corrected chi connectivity index (χ0v) is 14.9. The molecule has 1 atom stereocenters. The number of hydrogen-bond acceptors (Lipinski definition) is 5. The van der Waals surface area contributed by atoms with Crippen LogP contribution in [0.25, 0.3) is 10.9 Å². The fourth-order valence-corrected chi connectivity index (χ4v) is 3.39. The maximum absolute atomic E-state index is 13.1. The average Bonchev–Trinajstić information content (AvgIpc) is 3.09. The van der Waals surface area contributed by atoms with Crippen LogP contribution in [0.1, 0.15) is 41.9 Å². The normalized spacial score (nSPS) is 16.7. The highest BCUT2D eigenvalue weighted by molar-refractivity contribution is 5.98. The van der Waals surface area contributed by atoms with Crippen LogP contribution in [0, 0.1) is 0 Å². The van der Waals surface area contributed by atoms with Gasteiger partial charge in [0.2, 0.25) is 0 Å². The Hall–Kier alpha value is -2.80. The Morgan fingerprint density at radius 3 is 3.00 bits per heavy atom. The van der Waals surface area contributed by atoms with Gasteiger partial charge in [-0.25, -0.2) is 0 Å². The van der Waals surface area contributed by atoms with E-state index < -0.39 is 0 Å². The first-order valence-corrected chi connectivity index (χ1v) is 8.84. The van der Waals surface area contributed by atoms with E-state index in [-0.39, 0.29) is 11.9 Å². The number of benzene rings is 1. The second kappa shape index (κ2) is 6.84. The molecule has 4 rings (SSSR count). The van der Waals surface area contributed by atoms with Crippen molar-refractivity contribution in [2.45, 2.75) is 33.0 Å². The third-order valence-electron chi connectivity index (χ3n) is 4.81. The maximum Gasteiger partial charge on any atom is 0.254 e. The lowest BCUT2D eigenvalue weighted by Crippen LogP contribution is -2.41. The summed E-state index contributed by atoms with van der Waals surface area (Å²) in [4.78, 5) is 19.2. The van der Waals surface area contributed by atoms with Gasteiger partial charge in [-0.1, -0.05) is 6.07 Å². The lowest BCUT2D eigenvalue weighted by molar-refractivity contribution is 0.0630. The molecular formula is C19H21N5O2. The maximum atomic E-state index is 13.1. The summed E-state index contributed by atoms with van der Waals surface area (Å²) in [5, 5.41) is 9.49. The number of aromatic nitrogens is 4. The molecule has 1 aliphatic rings. The topological polar surface area (TPSA) is 73.1 Å². The summed E-state index contributed by atoms with van der Waals surface area (Å²) >= 11 is 0. The summed E-state index contributed by atoms with van der Waals surface area (Å²) in [6.45, 7) is 6.33. The smallest absolute Gasteiger partial charge is 0.254 e. The van der Waals surface area contributed by atoms with Gasteiger partial charge in [-0.15, -0.1) is 10.2 Å². The van der Waals surface area contributed by atoms with Gasteiger partial charge in [0.25, 0.3) is 5.91 Å². The van der Waals surface area contributed by atoms with Crippen LogP contribution in [0.5, 0.6) is 0 Å². The molecule has 3 aromatic rings. The van der Waals surface area contributed by atoms with Gasteiger partial charge in [0.15, 0.2) is 11.6 Å². The third-order valence-corrected chi connectivity index (χ3v) is 4.81. The van der Waals surface area contributed by atoms with Gasteiger partial charge in [0.1, 0.15) is 6.61 Å². The predicted molar refractivity (Wildman–Crippen MR) is 96.5 cm³/mol. The zero-order chi connectivity index (χ0) is 18.1. The lowest BCUT2D eigenvalue weighted by Gasteiger charge is -2.33. The van der Waals surface area contributed by atoms with E-state index in [2.05, 4.69) is 19.7 Å². The second-order valence-electron chi connectivity index (χ2n) is 6.35. The van der Waals surface area contributed by atoms with E-state index in [0.29, 0.717) is 31.9 Å². The van der Waals surface area contributed by atoms with Gasteiger partial charge < -0.3 is 14.2 Å². The number of hydrogen-bond donors (Lipinski definition) is 0. The predicted octanol–water partition coefficient (Wildman–Crippen LogP) is 2.58. The van der Waals surface area contributed by atoms with Crippen LogP contribution in [-0.2, 0) is 17.9 Å². The highest BCUT2D eigenvalue weighted by Crippen LogP contribution is 2.27. The van der Waals surface area contributed by atoms with E-state index in [1.54, 1.807) is 6.20 Å². The molecule has 0 saturated heterocycles. The molecule has 3 heterocycles. The van der Waals surface area contributed by atoms with Crippen molar-refractivity contribution >= 4 is 16.8 Å². The number of pyridine rings is 1. The van der Waals surface area contributed by atoms with Gasteiger partial charge in [-0.2, -0.15) is 0 Å². The third kappa shape index (κ3) is 2.84. The average molecular weight is 351 g/mol. The van der Waals surface area contributed by atoms with Crippen LogP contribution in [-0.4, -0.2) is 43.7 Å². The number of carbonyl (C=O) groups excluding carboxylic acids is 1. The van der Waals surface area contributed by atoms with Crippen molar-refractivity contribution in [3.05, 3.63) is 53.7 Å². The van der Waals surface area contributed by atoms with E-state index in [1.807, 2.05) is 49.1 Å². The molecule has 0 saturated carbocycles. The number of fused-ring (bicyclic) bond motifs is 2.